The molecule has 4 heteroatoms. The van der Waals surface area contributed by atoms with Crippen LogP contribution in [0, 0.1) is 23.7 Å². The summed E-state index contributed by atoms with van der Waals surface area (Å²) in [5.74, 6) is -1.77. The second-order valence-electron chi connectivity index (χ2n) is 9.54. The molecule has 4 aliphatic carbocycles. The van der Waals surface area contributed by atoms with Crippen LogP contribution in [0.5, 0.6) is 5.75 Å². The molecule has 0 heterocycles. The summed E-state index contributed by atoms with van der Waals surface area (Å²) in [6, 6.07) is 16.3. The van der Waals surface area contributed by atoms with Gasteiger partial charge in [-0.15, -0.1) is 0 Å². The minimum absolute atomic E-state index is 0.0589. The van der Waals surface area contributed by atoms with Crippen LogP contribution >= 0.6 is 0 Å². The van der Waals surface area contributed by atoms with E-state index in [4.69, 9.17) is 0 Å². The lowest BCUT2D eigenvalue weighted by Gasteiger charge is -2.57. The molecule has 1 fully saturated rings. The molecule has 31 heavy (non-hydrogen) atoms. The van der Waals surface area contributed by atoms with Crippen LogP contribution in [0.25, 0.3) is 5.57 Å². The molecular weight excluding hydrogens is 388 g/mol. The lowest BCUT2D eigenvalue weighted by atomic mass is 9.44. The number of aromatic hydroxyl groups is 1. The summed E-state index contributed by atoms with van der Waals surface area (Å²) >= 11 is 0. The Hall–Kier alpha value is -2.98. The van der Waals surface area contributed by atoms with Crippen molar-refractivity contribution in [1.82, 2.24) is 0 Å². The first-order valence-electron chi connectivity index (χ1n) is 10.8. The number of hydrogen-bond donors (Lipinski definition) is 2. The van der Waals surface area contributed by atoms with Crippen molar-refractivity contribution in [3.8, 4) is 5.75 Å². The summed E-state index contributed by atoms with van der Waals surface area (Å²) < 4.78 is 0. The first kappa shape index (κ1) is 20.0. The number of phenols is 1. The van der Waals surface area contributed by atoms with E-state index < -0.39 is 28.8 Å². The summed E-state index contributed by atoms with van der Waals surface area (Å²) in [6.07, 6.45) is 3.97. The van der Waals surface area contributed by atoms with E-state index in [0.717, 1.165) is 11.1 Å². The zero-order valence-electron chi connectivity index (χ0n) is 17.9. The molecule has 0 aromatic heterocycles. The van der Waals surface area contributed by atoms with Crippen molar-refractivity contribution in [2.24, 2.45) is 23.7 Å². The third-order valence-electron chi connectivity index (χ3n) is 7.52. The predicted octanol–water partition coefficient (Wildman–Crippen LogP) is 4.07. The molecule has 1 saturated carbocycles. The highest BCUT2D eigenvalue weighted by Gasteiger charge is 2.70. The normalized spacial score (nSPS) is 34.0. The van der Waals surface area contributed by atoms with Crippen molar-refractivity contribution >= 4 is 17.1 Å². The van der Waals surface area contributed by atoms with E-state index in [1.165, 1.54) is 0 Å². The van der Waals surface area contributed by atoms with E-state index in [-0.39, 0.29) is 23.2 Å². The fourth-order valence-electron chi connectivity index (χ4n) is 6.04. The van der Waals surface area contributed by atoms with Crippen molar-refractivity contribution in [2.75, 3.05) is 0 Å². The first-order chi connectivity index (χ1) is 14.7. The Morgan fingerprint density at radius 3 is 2.23 bits per heavy atom. The zero-order valence-corrected chi connectivity index (χ0v) is 17.9. The van der Waals surface area contributed by atoms with Crippen LogP contribution in [-0.4, -0.2) is 27.4 Å². The molecule has 0 aliphatic heterocycles. The lowest BCUT2D eigenvalue weighted by molar-refractivity contribution is -0.161. The number of hydrogen-bond acceptors (Lipinski definition) is 4. The maximum Gasteiger partial charge on any atom is 0.173 e. The molecule has 4 nitrogen and oxygen atoms in total. The smallest absolute Gasteiger partial charge is 0.173 e. The van der Waals surface area contributed by atoms with Gasteiger partial charge in [0.2, 0.25) is 0 Å². The molecule has 5 atom stereocenters. The Morgan fingerprint density at radius 2 is 1.61 bits per heavy atom. The zero-order chi connectivity index (χ0) is 22.1. The van der Waals surface area contributed by atoms with Gasteiger partial charge in [0.25, 0.3) is 0 Å². The van der Waals surface area contributed by atoms with Gasteiger partial charge >= 0.3 is 0 Å². The SMILES string of the molecule is CC(C)C1=CC2C3C(=O)C(c4ccc(O)cc4)=CC3(c3ccccc3)C1C(=O)C2(C)O. The topological polar surface area (TPSA) is 74.6 Å². The summed E-state index contributed by atoms with van der Waals surface area (Å²) in [4.78, 5) is 27.6. The Kier molecular flexibility index (Phi) is 4.19. The summed E-state index contributed by atoms with van der Waals surface area (Å²) in [5.41, 5.74) is 0.770. The third-order valence-corrected chi connectivity index (χ3v) is 7.52. The van der Waals surface area contributed by atoms with Crippen LogP contribution in [0.15, 0.2) is 72.3 Å². The average molecular weight is 415 g/mol. The van der Waals surface area contributed by atoms with Gasteiger partial charge in [-0.2, -0.15) is 0 Å². The molecule has 0 spiro atoms. The largest absolute Gasteiger partial charge is 0.508 e. The van der Waals surface area contributed by atoms with E-state index in [0.29, 0.717) is 11.1 Å². The number of phenolic OH excluding ortho intramolecular Hbond substituents is 1. The second-order valence-corrected chi connectivity index (χ2v) is 9.54. The maximum atomic E-state index is 13.9. The van der Waals surface area contributed by atoms with Crippen LogP contribution in [0.2, 0.25) is 0 Å². The molecule has 5 unspecified atom stereocenters. The van der Waals surface area contributed by atoms with Gasteiger partial charge in [-0.05, 0) is 36.1 Å². The van der Waals surface area contributed by atoms with Crippen LogP contribution in [0.3, 0.4) is 0 Å². The highest BCUT2D eigenvalue weighted by atomic mass is 16.3. The van der Waals surface area contributed by atoms with E-state index in [1.807, 2.05) is 42.5 Å². The number of carbonyl (C=O) groups is 2. The van der Waals surface area contributed by atoms with Crippen molar-refractivity contribution < 1.29 is 19.8 Å². The molecular formula is C27H26O4. The Morgan fingerprint density at radius 1 is 0.968 bits per heavy atom. The first-order valence-corrected chi connectivity index (χ1v) is 10.8. The minimum Gasteiger partial charge on any atom is -0.508 e. The van der Waals surface area contributed by atoms with Crippen molar-refractivity contribution in [1.29, 1.82) is 0 Å². The van der Waals surface area contributed by atoms with Gasteiger partial charge in [-0.25, -0.2) is 0 Å². The molecule has 2 aromatic carbocycles. The lowest BCUT2D eigenvalue weighted by Crippen LogP contribution is -2.66. The monoisotopic (exact) mass is 414 g/mol. The summed E-state index contributed by atoms with van der Waals surface area (Å²) in [6.45, 7) is 5.68. The molecule has 2 bridgehead atoms. The van der Waals surface area contributed by atoms with Gasteiger partial charge < -0.3 is 10.2 Å². The van der Waals surface area contributed by atoms with Crippen LogP contribution in [0.1, 0.15) is 31.9 Å². The average Bonchev–Trinajstić information content (AvgIpc) is 3.07. The molecule has 6 rings (SSSR count). The number of aliphatic hydroxyl groups is 1. The number of Topliss-reactive ketones (excluding diaryl/α,β-unsaturated/α-hetero) is 2. The van der Waals surface area contributed by atoms with Crippen LogP contribution < -0.4 is 0 Å². The highest BCUT2D eigenvalue weighted by molar-refractivity contribution is 6.26. The van der Waals surface area contributed by atoms with E-state index in [9.17, 15) is 19.8 Å². The third kappa shape index (κ3) is 2.51. The van der Waals surface area contributed by atoms with Crippen molar-refractivity contribution in [2.45, 2.75) is 31.8 Å². The number of ketones is 2. The molecule has 4 aliphatic rings. The predicted molar refractivity (Wildman–Crippen MR) is 118 cm³/mol. The van der Waals surface area contributed by atoms with Gasteiger partial charge in [0.15, 0.2) is 11.6 Å². The molecule has 0 saturated heterocycles. The molecule has 0 radical (unpaired) electrons. The fraction of sp³-hybridized carbons (Fsp3) is 0.333. The van der Waals surface area contributed by atoms with Gasteiger partial charge in [-0.1, -0.05) is 74.0 Å². The van der Waals surface area contributed by atoms with Crippen molar-refractivity contribution in [3.05, 3.63) is 83.4 Å². The van der Waals surface area contributed by atoms with Crippen molar-refractivity contribution in [3.63, 3.8) is 0 Å². The highest BCUT2D eigenvalue weighted by Crippen LogP contribution is 2.64. The van der Waals surface area contributed by atoms with Gasteiger partial charge in [0.1, 0.15) is 11.4 Å². The van der Waals surface area contributed by atoms with E-state index in [2.05, 4.69) is 13.8 Å². The Balaban J connectivity index is 1.82. The standard InChI is InChI=1S/C27H26O4/c1-15(2)19-13-21-23-24(29)20(16-9-11-18(28)12-10-16)14-27(23,17-7-5-4-6-8-17)22(19)25(30)26(21,3)31/h4-15,21-23,28,31H,1-3H3. The van der Waals surface area contributed by atoms with Gasteiger partial charge in [0.05, 0.1) is 5.92 Å². The number of allylic oxidation sites excluding steroid dienone is 3. The molecule has 0 amide bonds. The molecule has 2 aromatic rings. The summed E-state index contributed by atoms with van der Waals surface area (Å²) in [7, 11) is 0. The summed E-state index contributed by atoms with van der Waals surface area (Å²) in [5, 5.41) is 21.0. The Bertz CT molecular complexity index is 1140. The number of rotatable bonds is 3. The molecule has 158 valence electrons. The second kappa shape index (κ2) is 6.51. The van der Waals surface area contributed by atoms with Gasteiger partial charge in [0, 0.05) is 22.8 Å². The number of fused-ring (bicyclic) bond motifs is 1. The number of benzene rings is 2. The minimum atomic E-state index is -1.58. The molecule has 2 N–H and O–H groups in total. The number of carbonyl (C=O) groups excluding carboxylic acids is 2. The van der Waals surface area contributed by atoms with Crippen LogP contribution in [-0.2, 0) is 15.0 Å². The van der Waals surface area contributed by atoms with Crippen LogP contribution in [0.4, 0.5) is 0 Å². The fourth-order valence-corrected chi connectivity index (χ4v) is 6.04. The Labute approximate surface area is 181 Å². The van der Waals surface area contributed by atoms with Gasteiger partial charge in [-0.3, -0.25) is 9.59 Å². The van der Waals surface area contributed by atoms with E-state index in [1.54, 1.807) is 31.2 Å². The maximum absolute atomic E-state index is 13.9. The quantitative estimate of drug-likeness (QED) is 0.743. The van der Waals surface area contributed by atoms with E-state index >= 15 is 0 Å².